The lowest BCUT2D eigenvalue weighted by Crippen LogP contribution is -1.87. The molecule has 92 valence electrons. The van der Waals surface area contributed by atoms with E-state index in [1.807, 2.05) is 0 Å². The van der Waals surface area contributed by atoms with Gasteiger partial charge in [0.15, 0.2) is 0 Å². The molecule has 0 atom stereocenters. The Morgan fingerprint density at radius 1 is 0.867 bits per heavy atom. The van der Waals surface area contributed by atoms with Gasteiger partial charge >= 0.3 is 7.75 Å². The third-order valence-corrected chi connectivity index (χ3v) is 1.65. The minimum Gasteiger partial charge on any atom is -0.381 e. The van der Waals surface area contributed by atoms with Crippen LogP contribution in [0.1, 0.15) is 25.7 Å². The summed E-state index contributed by atoms with van der Waals surface area (Å²) in [6.07, 6.45) is 5.11. The minimum atomic E-state index is -4.14. The van der Waals surface area contributed by atoms with Crippen LogP contribution in [0, 0.1) is 0 Å². The van der Waals surface area contributed by atoms with Crippen LogP contribution in [0.4, 0.5) is 0 Å². The first-order valence-corrected chi connectivity index (χ1v) is 6.68. The molecule has 6 nitrogen and oxygen atoms in total. The lowest BCUT2D eigenvalue weighted by molar-refractivity contribution is 0.198. The quantitative estimate of drug-likeness (QED) is 0.538. The second kappa shape index (κ2) is 9.27. The van der Waals surface area contributed by atoms with E-state index in [-0.39, 0.29) is 0 Å². The highest BCUT2D eigenvalue weighted by atomic mass is 31.2. The molecule has 2 rings (SSSR count). The topological polar surface area (TPSA) is 102 Å². The second-order valence-corrected chi connectivity index (χ2v) is 4.41. The van der Waals surface area contributed by atoms with Crippen molar-refractivity contribution in [2.24, 2.45) is 5.50 Å². The molecular weight excluding hydrogens is 221 g/mol. The van der Waals surface area contributed by atoms with Crippen LogP contribution < -0.4 is 5.50 Å². The molecule has 0 spiro atoms. The van der Waals surface area contributed by atoms with Crippen molar-refractivity contribution < 1.29 is 23.8 Å². The third kappa shape index (κ3) is 20.2. The Hall–Kier alpha value is 0.0300. The molecule has 2 aliphatic heterocycles. The van der Waals surface area contributed by atoms with Gasteiger partial charge in [-0.25, -0.2) is 10.1 Å². The van der Waals surface area contributed by atoms with Gasteiger partial charge in [-0.2, -0.15) is 0 Å². The predicted molar refractivity (Wildman–Crippen MR) is 56.3 cm³/mol. The maximum atomic E-state index is 9.10. The summed E-state index contributed by atoms with van der Waals surface area (Å²) in [4.78, 5) is 14.8. The van der Waals surface area contributed by atoms with Crippen molar-refractivity contribution in [3.63, 3.8) is 0 Å². The van der Waals surface area contributed by atoms with Crippen molar-refractivity contribution in [3.05, 3.63) is 0 Å². The molecule has 0 bridgehead atoms. The van der Waals surface area contributed by atoms with Crippen LogP contribution in [0.25, 0.3) is 0 Å². The number of ether oxygens (including phenoxy) is 2. The van der Waals surface area contributed by atoms with Gasteiger partial charge in [0.2, 0.25) is 0 Å². The Morgan fingerprint density at radius 3 is 1.13 bits per heavy atom. The molecule has 0 aliphatic carbocycles. The molecule has 15 heavy (non-hydrogen) atoms. The fourth-order valence-electron chi connectivity index (χ4n) is 1.02. The van der Waals surface area contributed by atoms with Gasteiger partial charge in [0.1, 0.15) is 0 Å². The van der Waals surface area contributed by atoms with Gasteiger partial charge < -0.3 is 19.3 Å². The molecule has 0 aromatic rings. The molecule has 0 aromatic heterocycles. The van der Waals surface area contributed by atoms with Crippen LogP contribution in [-0.2, 0) is 14.0 Å². The number of nitrogens with two attached hydrogens (primary N) is 1. The summed E-state index contributed by atoms with van der Waals surface area (Å²) in [6.45, 7) is 4.00. The molecular formula is C8H20NO5P. The van der Waals surface area contributed by atoms with Crippen LogP contribution in [-0.4, -0.2) is 36.2 Å². The van der Waals surface area contributed by atoms with Gasteiger partial charge in [-0.05, 0) is 25.7 Å². The Morgan fingerprint density at radius 2 is 1.07 bits per heavy atom. The summed E-state index contributed by atoms with van der Waals surface area (Å²) >= 11 is 0. The van der Waals surface area contributed by atoms with E-state index in [9.17, 15) is 0 Å². The Balaban J connectivity index is 0.000000196. The first-order valence-electron chi connectivity index (χ1n) is 5.00. The molecule has 2 heterocycles. The van der Waals surface area contributed by atoms with E-state index in [1.54, 1.807) is 0 Å². The molecule has 2 saturated heterocycles. The highest BCUT2D eigenvalue weighted by Crippen LogP contribution is 2.20. The van der Waals surface area contributed by atoms with Crippen LogP contribution in [0.2, 0.25) is 0 Å². The van der Waals surface area contributed by atoms with Crippen LogP contribution in [0.15, 0.2) is 0 Å². The van der Waals surface area contributed by atoms with Gasteiger partial charge in [-0.1, -0.05) is 0 Å². The van der Waals surface area contributed by atoms with Crippen LogP contribution in [0.3, 0.4) is 0 Å². The first-order chi connectivity index (χ1) is 7.00. The molecule has 0 amide bonds. The van der Waals surface area contributed by atoms with Crippen LogP contribution >= 0.6 is 7.75 Å². The van der Waals surface area contributed by atoms with Crippen molar-refractivity contribution in [1.29, 1.82) is 0 Å². The van der Waals surface area contributed by atoms with E-state index in [0.29, 0.717) is 0 Å². The summed E-state index contributed by atoms with van der Waals surface area (Å²) in [6, 6.07) is 0. The molecule has 2 fully saturated rings. The smallest absolute Gasteiger partial charge is 0.381 e. The van der Waals surface area contributed by atoms with Gasteiger partial charge in [-0.15, -0.1) is 0 Å². The van der Waals surface area contributed by atoms with E-state index in [1.165, 1.54) is 25.7 Å². The predicted octanol–water partition coefficient (Wildman–Crippen LogP) is 0.631. The zero-order chi connectivity index (χ0) is 11.6. The summed E-state index contributed by atoms with van der Waals surface area (Å²) < 4.78 is 19.0. The van der Waals surface area contributed by atoms with Gasteiger partial charge in [0.05, 0.1) is 0 Å². The van der Waals surface area contributed by atoms with E-state index in [4.69, 9.17) is 23.8 Å². The summed E-state index contributed by atoms with van der Waals surface area (Å²) in [5.41, 5.74) is 4.02. The van der Waals surface area contributed by atoms with Crippen molar-refractivity contribution in [1.82, 2.24) is 0 Å². The van der Waals surface area contributed by atoms with Gasteiger partial charge in [0, 0.05) is 26.4 Å². The fraction of sp³-hybridized carbons (Fsp3) is 1.00. The Bertz CT molecular complexity index is 142. The standard InChI is InChI=1S/2C4H8O.H4NO3P/c2*1-2-4-5-3-1;1-5(2,3)4/h2*1-4H2;(H4,1,2,3,4). The monoisotopic (exact) mass is 241 g/mol. The number of hydrogen-bond donors (Lipinski definition) is 3. The molecule has 0 saturated carbocycles. The molecule has 0 radical (unpaired) electrons. The number of rotatable bonds is 0. The second-order valence-electron chi connectivity index (χ2n) is 3.23. The zero-order valence-electron chi connectivity index (χ0n) is 8.80. The normalized spacial score (nSPS) is 19.9. The van der Waals surface area contributed by atoms with Crippen LogP contribution in [0.5, 0.6) is 0 Å². The van der Waals surface area contributed by atoms with Crippen molar-refractivity contribution >= 4 is 7.75 Å². The van der Waals surface area contributed by atoms with Crippen molar-refractivity contribution in [2.75, 3.05) is 26.4 Å². The molecule has 0 unspecified atom stereocenters. The highest BCUT2D eigenvalue weighted by molar-refractivity contribution is 7.49. The van der Waals surface area contributed by atoms with E-state index in [2.05, 4.69) is 5.50 Å². The van der Waals surface area contributed by atoms with E-state index < -0.39 is 7.75 Å². The third-order valence-electron chi connectivity index (χ3n) is 1.65. The van der Waals surface area contributed by atoms with Gasteiger partial charge in [0.25, 0.3) is 0 Å². The maximum Gasteiger partial charge on any atom is 0.397 e. The number of hydrogen-bond acceptors (Lipinski definition) is 3. The summed E-state index contributed by atoms with van der Waals surface area (Å²) in [5.74, 6) is 0. The lowest BCUT2D eigenvalue weighted by atomic mass is 10.4. The van der Waals surface area contributed by atoms with E-state index >= 15 is 0 Å². The Kier molecular flexibility index (Phi) is 9.29. The molecule has 2 aliphatic rings. The lowest BCUT2D eigenvalue weighted by Gasteiger charge is -1.84. The minimum absolute atomic E-state index is 1.00. The average Bonchev–Trinajstić information content (AvgIpc) is 2.81. The molecule has 0 aromatic carbocycles. The largest absolute Gasteiger partial charge is 0.397 e. The highest BCUT2D eigenvalue weighted by Gasteiger charge is 1.96. The fourth-order valence-corrected chi connectivity index (χ4v) is 1.02. The zero-order valence-corrected chi connectivity index (χ0v) is 9.70. The maximum absolute atomic E-state index is 9.10. The molecule has 7 heteroatoms. The SMILES string of the molecule is C1CCOC1.C1CCOC1.NP(=O)(O)O. The Labute approximate surface area is 90.0 Å². The molecule has 4 N–H and O–H groups in total. The first kappa shape index (κ1) is 15.0. The summed E-state index contributed by atoms with van der Waals surface area (Å²) in [7, 11) is -4.14. The van der Waals surface area contributed by atoms with Gasteiger partial charge in [-0.3, -0.25) is 0 Å². The van der Waals surface area contributed by atoms with Crippen molar-refractivity contribution in [3.8, 4) is 0 Å². The summed E-state index contributed by atoms with van der Waals surface area (Å²) in [5, 5.41) is 0. The van der Waals surface area contributed by atoms with E-state index in [0.717, 1.165) is 26.4 Å². The average molecular weight is 241 g/mol. The van der Waals surface area contributed by atoms with Crippen molar-refractivity contribution in [2.45, 2.75) is 25.7 Å².